The fourth-order valence-electron chi connectivity index (χ4n) is 1.31. The number of rotatable bonds is 6. The molecule has 0 aliphatic rings. The summed E-state index contributed by atoms with van der Waals surface area (Å²) in [4.78, 5) is 0.0425. The Morgan fingerprint density at radius 3 is 2.76 bits per heavy atom. The molecule has 6 heteroatoms. The van der Waals surface area contributed by atoms with Gasteiger partial charge in [0.05, 0.1) is 11.5 Å². The molecule has 0 heterocycles. The van der Waals surface area contributed by atoms with E-state index in [9.17, 15) is 13.5 Å². The van der Waals surface area contributed by atoms with Crippen molar-refractivity contribution in [1.82, 2.24) is 4.72 Å². The monoisotopic (exact) mass is 259 g/mol. The Morgan fingerprint density at radius 1 is 1.47 bits per heavy atom. The van der Waals surface area contributed by atoms with Crippen molar-refractivity contribution in [3.05, 3.63) is 24.3 Å². The van der Waals surface area contributed by atoms with E-state index in [4.69, 9.17) is 4.74 Å². The lowest BCUT2D eigenvalue weighted by atomic mass is 10.3. The van der Waals surface area contributed by atoms with Crippen LogP contribution in [-0.2, 0) is 14.8 Å². The highest BCUT2D eigenvalue weighted by Crippen LogP contribution is 2.15. The summed E-state index contributed by atoms with van der Waals surface area (Å²) in [7, 11) is -3.60. The van der Waals surface area contributed by atoms with E-state index in [1.807, 2.05) is 6.92 Å². The average molecular weight is 259 g/mol. The van der Waals surface area contributed by atoms with E-state index in [0.29, 0.717) is 13.2 Å². The summed E-state index contributed by atoms with van der Waals surface area (Å²) in [6.07, 6.45) is 0. The molecule has 1 aromatic rings. The fourth-order valence-corrected chi connectivity index (χ4v) is 2.58. The zero-order chi connectivity index (χ0) is 12.9. The van der Waals surface area contributed by atoms with Gasteiger partial charge in [0.2, 0.25) is 10.0 Å². The molecule has 1 unspecified atom stereocenters. The molecule has 0 aromatic heterocycles. The number of hydrogen-bond acceptors (Lipinski definition) is 4. The first-order valence-corrected chi connectivity index (χ1v) is 6.83. The Balaban J connectivity index is 2.75. The van der Waals surface area contributed by atoms with Gasteiger partial charge >= 0.3 is 0 Å². The van der Waals surface area contributed by atoms with Gasteiger partial charge in [-0.2, -0.15) is 0 Å². The third-order valence-electron chi connectivity index (χ3n) is 2.06. The molecule has 0 saturated carbocycles. The molecular weight excluding hydrogens is 242 g/mol. The van der Waals surface area contributed by atoms with Crippen LogP contribution in [0.15, 0.2) is 29.2 Å². The van der Waals surface area contributed by atoms with Crippen LogP contribution in [0.3, 0.4) is 0 Å². The van der Waals surface area contributed by atoms with Gasteiger partial charge in [-0.15, -0.1) is 0 Å². The maximum absolute atomic E-state index is 11.9. The number of benzene rings is 1. The molecule has 2 N–H and O–H groups in total. The third kappa shape index (κ3) is 4.33. The van der Waals surface area contributed by atoms with Crippen LogP contribution in [-0.4, -0.2) is 32.8 Å². The molecule has 0 amide bonds. The van der Waals surface area contributed by atoms with Crippen molar-refractivity contribution in [3.8, 4) is 5.75 Å². The highest BCUT2D eigenvalue weighted by molar-refractivity contribution is 7.89. The average Bonchev–Trinajstić information content (AvgIpc) is 2.26. The van der Waals surface area contributed by atoms with Crippen LogP contribution in [0.25, 0.3) is 0 Å². The van der Waals surface area contributed by atoms with Crippen LogP contribution >= 0.6 is 0 Å². The summed E-state index contributed by atoms with van der Waals surface area (Å²) in [5, 5.41) is 9.24. The molecular formula is C11H17NO4S. The quantitative estimate of drug-likeness (QED) is 0.802. The second-order valence-electron chi connectivity index (χ2n) is 3.68. The third-order valence-corrected chi connectivity index (χ3v) is 3.64. The van der Waals surface area contributed by atoms with Crippen LogP contribution in [0.5, 0.6) is 5.75 Å². The van der Waals surface area contributed by atoms with Crippen LogP contribution in [0.2, 0.25) is 0 Å². The predicted octanol–water partition coefficient (Wildman–Crippen LogP) is 1.10. The van der Waals surface area contributed by atoms with Gasteiger partial charge < -0.3 is 9.84 Å². The zero-order valence-corrected chi connectivity index (χ0v) is 10.7. The Hall–Kier alpha value is -1.11. The lowest BCUT2D eigenvalue weighted by Crippen LogP contribution is -2.35. The highest BCUT2D eigenvalue weighted by Gasteiger charge is 2.17. The summed E-state index contributed by atoms with van der Waals surface area (Å²) in [5.41, 5.74) is 0. The molecule has 0 saturated heterocycles. The first-order valence-electron chi connectivity index (χ1n) is 5.35. The summed E-state index contributed by atoms with van der Waals surface area (Å²) < 4.78 is 31.4. The normalized spacial score (nSPS) is 13.5. The summed E-state index contributed by atoms with van der Waals surface area (Å²) in [6.45, 7) is 4.42. The van der Waals surface area contributed by atoms with Crippen molar-refractivity contribution >= 4 is 10.0 Å². The minimum Gasteiger partial charge on any atom is -0.508 e. The maximum Gasteiger partial charge on any atom is 0.241 e. The van der Waals surface area contributed by atoms with E-state index in [0.717, 1.165) is 0 Å². The number of nitrogens with one attached hydrogen (secondary N) is 1. The lowest BCUT2D eigenvalue weighted by Gasteiger charge is -2.14. The molecule has 1 rings (SSSR count). The van der Waals surface area contributed by atoms with Gasteiger partial charge in [0, 0.05) is 12.6 Å². The SMILES string of the molecule is CCOCC(C)NS(=O)(=O)c1cccc(O)c1. The zero-order valence-electron chi connectivity index (χ0n) is 9.88. The largest absolute Gasteiger partial charge is 0.508 e. The number of ether oxygens (including phenoxy) is 1. The molecule has 0 bridgehead atoms. The lowest BCUT2D eigenvalue weighted by molar-refractivity contribution is 0.133. The van der Waals surface area contributed by atoms with E-state index in [-0.39, 0.29) is 16.7 Å². The van der Waals surface area contributed by atoms with Crippen LogP contribution in [0, 0.1) is 0 Å². The van der Waals surface area contributed by atoms with E-state index >= 15 is 0 Å². The van der Waals surface area contributed by atoms with Crippen LogP contribution in [0.4, 0.5) is 0 Å². The van der Waals surface area contributed by atoms with Gasteiger partial charge in [-0.1, -0.05) is 6.07 Å². The van der Waals surface area contributed by atoms with Gasteiger partial charge in [-0.25, -0.2) is 13.1 Å². The van der Waals surface area contributed by atoms with Crippen molar-refractivity contribution in [1.29, 1.82) is 0 Å². The molecule has 0 fully saturated rings. The van der Waals surface area contributed by atoms with Gasteiger partial charge in [0.25, 0.3) is 0 Å². The Kier molecular flexibility index (Phi) is 4.92. The molecule has 0 aliphatic carbocycles. The minimum atomic E-state index is -3.60. The molecule has 5 nitrogen and oxygen atoms in total. The first-order chi connectivity index (χ1) is 7.95. The van der Waals surface area contributed by atoms with Gasteiger partial charge in [-0.3, -0.25) is 0 Å². The molecule has 1 aromatic carbocycles. The topological polar surface area (TPSA) is 75.6 Å². The summed E-state index contributed by atoms with van der Waals surface area (Å²) >= 11 is 0. The van der Waals surface area contributed by atoms with Crippen molar-refractivity contribution in [2.75, 3.05) is 13.2 Å². The van der Waals surface area contributed by atoms with Crippen molar-refractivity contribution < 1.29 is 18.3 Å². The Morgan fingerprint density at radius 2 is 2.18 bits per heavy atom. The van der Waals surface area contributed by atoms with Crippen molar-refractivity contribution in [3.63, 3.8) is 0 Å². The maximum atomic E-state index is 11.9. The molecule has 17 heavy (non-hydrogen) atoms. The Labute approximate surface area is 101 Å². The van der Waals surface area contributed by atoms with E-state index in [2.05, 4.69) is 4.72 Å². The summed E-state index contributed by atoms with van der Waals surface area (Å²) in [6, 6.07) is 5.22. The number of sulfonamides is 1. The predicted molar refractivity (Wildman–Crippen MR) is 64.4 cm³/mol. The number of aromatic hydroxyl groups is 1. The van der Waals surface area contributed by atoms with Crippen molar-refractivity contribution in [2.24, 2.45) is 0 Å². The molecule has 96 valence electrons. The van der Waals surface area contributed by atoms with E-state index in [1.165, 1.54) is 24.3 Å². The highest BCUT2D eigenvalue weighted by atomic mass is 32.2. The van der Waals surface area contributed by atoms with Gasteiger partial charge in [0.1, 0.15) is 5.75 Å². The smallest absolute Gasteiger partial charge is 0.241 e. The molecule has 1 atom stereocenters. The minimum absolute atomic E-state index is 0.0425. The molecule has 0 radical (unpaired) electrons. The second kappa shape index (κ2) is 6.00. The first kappa shape index (κ1) is 14.0. The van der Waals surface area contributed by atoms with Gasteiger partial charge in [0.15, 0.2) is 0 Å². The van der Waals surface area contributed by atoms with Crippen molar-refractivity contribution in [2.45, 2.75) is 24.8 Å². The fraction of sp³-hybridized carbons (Fsp3) is 0.455. The molecule has 0 aliphatic heterocycles. The van der Waals surface area contributed by atoms with Gasteiger partial charge in [-0.05, 0) is 32.0 Å². The summed E-state index contributed by atoms with van der Waals surface area (Å²) in [5.74, 6) is -0.0784. The standard InChI is InChI=1S/C11H17NO4S/c1-3-16-8-9(2)12-17(14,15)11-6-4-5-10(13)7-11/h4-7,9,12-13H,3,8H2,1-2H3. The van der Waals surface area contributed by atoms with E-state index in [1.54, 1.807) is 6.92 Å². The number of phenols is 1. The second-order valence-corrected chi connectivity index (χ2v) is 5.39. The van der Waals surface area contributed by atoms with Crippen LogP contribution in [0.1, 0.15) is 13.8 Å². The Bertz CT molecular complexity index is 458. The van der Waals surface area contributed by atoms with E-state index < -0.39 is 10.0 Å². The van der Waals surface area contributed by atoms with Crippen LogP contribution < -0.4 is 4.72 Å². The number of phenolic OH excluding ortho intramolecular Hbond substituents is 1. The number of hydrogen-bond donors (Lipinski definition) is 2. The molecule has 0 spiro atoms.